The Labute approximate surface area is 116 Å². The van der Waals surface area contributed by atoms with Crippen LogP contribution in [0.4, 0.5) is 0 Å². The van der Waals surface area contributed by atoms with Gasteiger partial charge >= 0.3 is 0 Å². The third kappa shape index (κ3) is 3.85. The van der Waals surface area contributed by atoms with E-state index in [9.17, 15) is 9.90 Å². The van der Waals surface area contributed by atoms with E-state index in [0.29, 0.717) is 15.6 Å². The highest BCUT2D eigenvalue weighted by Gasteiger charge is 2.28. The van der Waals surface area contributed by atoms with E-state index in [1.54, 1.807) is 25.1 Å². The van der Waals surface area contributed by atoms with Crippen molar-refractivity contribution in [2.45, 2.75) is 12.5 Å². The lowest BCUT2D eigenvalue weighted by Gasteiger charge is -2.29. The Kier molecular flexibility index (Phi) is 5.41. The third-order valence-electron chi connectivity index (χ3n) is 2.51. The van der Waals surface area contributed by atoms with E-state index in [4.69, 9.17) is 27.9 Å². The lowest BCUT2D eigenvalue weighted by Crippen LogP contribution is -2.47. The molecular weight excluding hydrogens is 277 g/mol. The van der Waals surface area contributed by atoms with Gasteiger partial charge < -0.3 is 15.2 Å². The van der Waals surface area contributed by atoms with Crippen LogP contribution in [0.5, 0.6) is 0 Å². The first-order valence-corrected chi connectivity index (χ1v) is 6.04. The van der Waals surface area contributed by atoms with E-state index >= 15 is 0 Å². The van der Waals surface area contributed by atoms with E-state index in [0.717, 1.165) is 0 Å². The molecule has 0 spiro atoms. The van der Waals surface area contributed by atoms with Crippen LogP contribution in [0.2, 0.25) is 10.0 Å². The predicted molar refractivity (Wildman–Crippen MR) is 70.9 cm³/mol. The molecule has 2 N–H and O–H groups in total. The van der Waals surface area contributed by atoms with Crippen molar-refractivity contribution in [2.75, 3.05) is 20.3 Å². The van der Waals surface area contributed by atoms with Gasteiger partial charge in [-0.1, -0.05) is 23.2 Å². The maximum atomic E-state index is 11.5. The summed E-state index contributed by atoms with van der Waals surface area (Å²) in [6.45, 7) is 1.32. The van der Waals surface area contributed by atoms with Gasteiger partial charge in [0.2, 0.25) is 5.91 Å². The molecule has 6 heteroatoms. The van der Waals surface area contributed by atoms with Crippen molar-refractivity contribution in [1.29, 1.82) is 0 Å². The number of aliphatic hydroxyl groups is 1. The van der Waals surface area contributed by atoms with E-state index in [1.165, 1.54) is 7.11 Å². The summed E-state index contributed by atoms with van der Waals surface area (Å²) in [7, 11) is 1.42. The minimum Gasteiger partial charge on any atom is -0.394 e. The van der Waals surface area contributed by atoms with Crippen LogP contribution in [0, 0.1) is 0 Å². The van der Waals surface area contributed by atoms with Gasteiger partial charge in [0.05, 0.1) is 12.1 Å². The summed E-state index contributed by atoms with van der Waals surface area (Å²) in [4.78, 5) is 11.5. The number of amides is 1. The summed E-state index contributed by atoms with van der Waals surface area (Å²) in [5.41, 5.74) is -0.323. The van der Waals surface area contributed by atoms with Crippen molar-refractivity contribution in [3.8, 4) is 0 Å². The summed E-state index contributed by atoms with van der Waals surface area (Å²) < 4.78 is 4.73. The minimum atomic E-state index is -0.954. The summed E-state index contributed by atoms with van der Waals surface area (Å²) in [5, 5.41) is 13.1. The third-order valence-corrected chi connectivity index (χ3v) is 2.94. The fraction of sp³-hybridized carbons (Fsp3) is 0.417. The summed E-state index contributed by atoms with van der Waals surface area (Å²) in [6.07, 6.45) is 0. The largest absolute Gasteiger partial charge is 0.394 e. The summed E-state index contributed by atoms with van der Waals surface area (Å²) >= 11 is 11.8. The van der Waals surface area contributed by atoms with Gasteiger partial charge in [0.15, 0.2) is 0 Å². The first kappa shape index (κ1) is 15.2. The quantitative estimate of drug-likeness (QED) is 0.872. The first-order chi connectivity index (χ1) is 8.41. The zero-order valence-electron chi connectivity index (χ0n) is 10.2. The van der Waals surface area contributed by atoms with Crippen molar-refractivity contribution in [2.24, 2.45) is 0 Å². The molecule has 0 aliphatic heterocycles. The monoisotopic (exact) mass is 291 g/mol. The number of carbonyl (C=O) groups excluding carboxylic acids is 1. The number of rotatable bonds is 5. The lowest BCUT2D eigenvalue weighted by molar-refractivity contribution is -0.127. The number of hydrogen-bond donors (Lipinski definition) is 2. The minimum absolute atomic E-state index is 0.0795. The molecule has 1 aromatic carbocycles. The molecule has 0 aromatic heterocycles. The molecule has 18 heavy (non-hydrogen) atoms. The Balaban J connectivity index is 3.02. The topological polar surface area (TPSA) is 58.6 Å². The fourth-order valence-corrected chi connectivity index (χ4v) is 2.08. The Hall–Kier alpha value is -0.810. The van der Waals surface area contributed by atoms with Crippen LogP contribution in [-0.2, 0) is 15.1 Å². The van der Waals surface area contributed by atoms with E-state index in [-0.39, 0.29) is 19.1 Å². The number of aliphatic hydroxyl groups excluding tert-OH is 1. The normalized spacial score (nSPS) is 14.1. The molecule has 0 heterocycles. The number of hydrogen-bond acceptors (Lipinski definition) is 3. The van der Waals surface area contributed by atoms with Crippen LogP contribution >= 0.6 is 23.2 Å². The Morgan fingerprint density at radius 2 is 1.94 bits per heavy atom. The van der Waals surface area contributed by atoms with E-state index in [2.05, 4.69) is 5.32 Å². The molecule has 1 atom stereocenters. The van der Waals surface area contributed by atoms with Gasteiger partial charge in [-0.05, 0) is 30.7 Å². The molecule has 0 unspecified atom stereocenters. The van der Waals surface area contributed by atoms with Crippen molar-refractivity contribution in [3.63, 3.8) is 0 Å². The highest BCUT2D eigenvalue weighted by atomic mass is 35.5. The standard InChI is InChI=1S/C12H15Cl2NO3/c1-12(7-16,15-11(17)6-18-2)8-3-9(13)5-10(14)4-8/h3-5,16H,6-7H2,1-2H3,(H,15,17)/t12-/m0/s1. The Bertz CT molecular complexity index is 419. The lowest BCUT2D eigenvalue weighted by atomic mass is 9.93. The average molecular weight is 292 g/mol. The summed E-state index contributed by atoms with van der Waals surface area (Å²) in [5.74, 6) is -0.329. The molecule has 100 valence electrons. The van der Waals surface area contributed by atoms with Crippen LogP contribution < -0.4 is 5.32 Å². The Morgan fingerprint density at radius 1 is 1.39 bits per heavy atom. The number of halogens is 2. The van der Waals surface area contributed by atoms with E-state index < -0.39 is 5.54 Å². The SMILES string of the molecule is COCC(=O)N[C@@](C)(CO)c1cc(Cl)cc(Cl)c1. The zero-order chi connectivity index (χ0) is 13.8. The molecule has 4 nitrogen and oxygen atoms in total. The van der Waals surface area contributed by atoms with Gasteiger partial charge in [0.1, 0.15) is 6.61 Å². The number of nitrogens with one attached hydrogen (secondary N) is 1. The van der Waals surface area contributed by atoms with Crippen LogP contribution in [0.3, 0.4) is 0 Å². The van der Waals surface area contributed by atoms with Crippen molar-refractivity contribution in [3.05, 3.63) is 33.8 Å². The van der Waals surface area contributed by atoms with Crippen LogP contribution in [-0.4, -0.2) is 31.3 Å². The smallest absolute Gasteiger partial charge is 0.246 e. The van der Waals surface area contributed by atoms with Crippen LogP contribution in [0.25, 0.3) is 0 Å². The van der Waals surface area contributed by atoms with Gasteiger partial charge in [0, 0.05) is 17.2 Å². The molecule has 0 saturated carbocycles. The molecule has 0 fully saturated rings. The second kappa shape index (κ2) is 6.38. The molecule has 1 amide bonds. The zero-order valence-corrected chi connectivity index (χ0v) is 11.7. The summed E-state index contributed by atoms with van der Waals surface area (Å²) in [6, 6.07) is 4.88. The highest BCUT2D eigenvalue weighted by molar-refractivity contribution is 6.34. The Morgan fingerprint density at radius 3 is 2.39 bits per heavy atom. The first-order valence-electron chi connectivity index (χ1n) is 5.28. The van der Waals surface area contributed by atoms with Crippen molar-refractivity contribution < 1.29 is 14.6 Å². The molecule has 0 bridgehead atoms. The van der Waals surface area contributed by atoms with Gasteiger partial charge in [-0.15, -0.1) is 0 Å². The number of carbonyl (C=O) groups is 1. The van der Waals surface area contributed by atoms with E-state index in [1.807, 2.05) is 0 Å². The van der Waals surface area contributed by atoms with Crippen molar-refractivity contribution in [1.82, 2.24) is 5.32 Å². The number of benzene rings is 1. The second-order valence-corrected chi connectivity index (χ2v) is 5.00. The second-order valence-electron chi connectivity index (χ2n) is 4.13. The van der Waals surface area contributed by atoms with Gasteiger partial charge in [-0.3, -0.25) is 4.79 Å². The molecule has 0 aliphatic carbocycles. The molecule has 0 aliphatic rings. The van der Waals surface area contributed by atoms with Gasteiger partial charge in [0.25, 0.3) is 0 Å². The molecule has 0 saturated heterocycles. The highest BCUT2D eigenvalue weighted by Crippen LogP contribution is 2.27. The molecule has 1 aromatic rings. The van der Waals surface area contributed by atoms with Gasteiger partial charge in [-0.2, -0.15) is 0 Å². The maximum Gasteiger partial charge on any atom is 0.246 e. The fourth-order valence-electron chi connectivity index (χ4n) is 1.55. The maximum absolute atomic E-state index is 11.5. The van der Waals surface area contributed by atoms with Gasteiger partial charge in [-0.25, -0.2) is 0 Å². The number of methoxy groups -OCH3 is 1. The molecule has 1 rings (SSSR count). The van der Waals surface area contributed by atoms with Crippen LogP contribution in [0.15, 0.2) is 18.2 Å². The molecule has 0 radical (unpaired) electrons. The predicted octanol–water partition coefficient (Wildman–Crippen LogP) is 1.96. The number of ether oxygens (including phenoxy) is 1. The average Bonchev–Trinajstić information content (AvgIpc) is 2.27. The van der Waals surface area contributed by atoms with Crippen molar-refractivity contribution >= 4 is 29.1 Å². The van der Waals surface area contributed by atoms with Crippen LogP contribution in [0.1, 0.15) is 12.5 Å². The molecular formula is C12H15Cl2NO3.